The van der Waals surface area contributed by atoms with Crippen LogP contribution in [-0.4, -0.2) is 26.5 Å². The smallest absolute Gasteiger partial charge is 0.269 e. The topological polar surface area (TPSA) is 114 Å². The number of nitro groups is 1. The number of furan rings is 1. The van der Waals surface area contributed by atoms with Crippen LogP contribution in [-0.2, 0) is 12.0 Å². The Morgan fingerprint density at radius 3 is 2.50 bits per heavy atom. The van der Waals surface area contributed by atoms with Crippen molar-refractivity contribution in [3.63, 3.8) is 0 Å². The second-order valence-electron chi connectivity index (χ2n) is 6.76. The lowest BCUT2D eigenvalue weighted by Gasteiger charge is -2.22. The Bertz CT molecular complexity index is 980. The summed E-state index contributed by atoms with van der Waals surface area (Å²) < 4.78 is 5.53. The third kappa shape index (κ3) is 4.34. The van der Waals surface area contributed by atoms with E-state index >= 15 is 0 Å². The van der Waals surface area contributed by atoms with Gasteiger partial charge in [0.05, 0.1) is 11.5 Å². The van der Waals surface area contributed by atoms with Crippen molar-refractivity contribution < 1.29 is 14.4 Å². The zero-order valence-corrected chi connectivity index (χ0v) is 16.0. The number of nitrogens with zero attached hydrogens (tertiary/aromatic N) is 3. The minimum atomic E-state index is -1.21. The third-order valence-corrected chi connectivity index (χ3v) is 4.36. The van der Waals surface area contributed by atoms with Gasteiger partial charge in [-0.2, -0.15) is 0 Å². The van der Waals surface area contributed by atoms with E-state index in [-0.39, 0.29) is 12.2 Å². The van der Waals surface area contributed by atoms with Gasteiger partial charge in [-0.15, -0.1) is 0 Å². The molecule has 8 nitrogen and oxygen atoms in total. The number of nitrogens with one attached hydrogen (secondary N) is 1. The van der Waals surface area contributed by atoms with Gasteiger partial charge in [0.2, 0.25) is 0 Å². The monoisotopic (exact) mass is 382 g/mol. The van der Waals surface area contributed by atoms with E-state index in [9.17, 15) is 15.2 Å². The maximum absolute atomic E-state index is 10.8. The first-order chi connectivity index (χ1) is 13.3. The van der Waals surface area contributed by atoms with Gasteiger partial charge >= 0.3 is 0 Å². The number of hydrogen-bond acceptors (Lipinski definition) is 7. The fraction of sp³-hybridized carbons (Fsp3) is 0.300. The number of benzene rings is 1. The van der Waals surface area contributed by atoms with E-state index in [1.165, 1.54) is 12.1 Å². The molecule has 28 heavy (non-hydrogen) atoms. The summed E-state index contributed by atoms with van der Waals surface area (Å²) >= 11 is 0. The number of aromatic nitrogens is 2. The Hall–Kier alpha value is -3.26. The largest absolute Gasteiger partial charge is 0.463 e. The van der Waals surface area contributed by atoms with Gasteiger partial charge in [0.15, 0.2) is 5.82 Å². The Kier molecular flexibility index (Phi) is 5.41. The van der Waals surface area contributed by atoms with Crippen LogP contribution in [0.4, 0.5) is 11.5 Å². The fourth-order valence-electron chi connectivity index (χ4n) is 2.70. The molecular formula is C20H22N4O4. The number of hydrogen-bond donors (Lipinski definition) is 2. The lowest BCUT2D eigenvalue weighted by molar-refractivity contribution is -0.384. The quantitative estimate of drug-likeness (QED) is 0.471. The Labute approximate surface area is 162 Å². The van der Waals surface area contributed by atoms with Crippen molar-refractivity contribution in [3.05, 3.63) is 69.8 Å². The summed E-state index contributed by atoms with van der Waals surface area (Å²) in [6.07, 6.45) is 0.699. The average molecular weight is 382 g/mol. The van der Waals surface area contributed by atoms with Crippen molar-refractivity contribution in [2.75, 3.05) is 11.9 Å². The van der Waals surface area contributed by atoms with Crippen LogP contribution >= 0.6 is 0 Å². The molecule has 8 heteroatoms. The molecule has 0 bridgehead atoms. The molecule has 1 atom stereocenters. The number of aryl methyl sites for hydroxylation is 2. The molecule has 0 saturated carbocycles. The summed E-state index contributed by atoms with van der Waals surface area (Å²) in [5.41, 5.74) is 0.300. The highest BCUT2D eigenvalue weighted by molar-refractivity contribution is 5.59. The van der Waals surface area contributed by atoms with Gasteiger partial charge in [0.1, 0.15) is 22.9 Å². The fourth-order valence-corrected chi connectivity index (χ4v) is 2.70. The van der Waals surface area contributed by atoms with Crippen LogP contribution in [0, 0.1) is 17.0 Å². The summed E-state index contributed by atoms with van der Waals surface area (Å²) in [6, 6.07) is 11.5. The molecule has 0 fully saturated rings. The number of nitro benzene ring substituents is 1. The minimum Gasteiger partial charge on any atom is -0.463 e. The van der Waals surface area contributed by atoms with Gasteiger partial charge in [-0.25, -0.2) is 9.97 Å². The molecule has 0 aliphatic carbocycles. The van der Waals surface area contributed by atoms with E-state index in [0.29, 0.717) is 29.4 Å². The summed E-state index contributed by atoms with van der Waals surface area (Å²) in [5, 5.41) is 24.7. The van der Waals surface area contributed by atoms with Crippen LogP contribution in [0.3, 0.4) is 0 Å². The SMILES string of the molecule is CCc1cc(NCC(C)(O)c2ccc(C)o2)nc(-c2ccc([N+](=O)[O-])cc2)n1. The summed E-state index contributed by atoms with van der Waals surface area (Å²) in [7, 11) is 0. The number of anilines is 1. The molecule has 1 unspecified atom stereocenters. The molecular weight excluding hydrogens is 360 g/mol. The van der Waals surface area contributed by atoms with Crippen LogP contribution in [0.1, 0.15) is 31.1 Å². The van der Waals surface area contributed by atoms with Gasteiger partial charge in [-0.05, 0) is 44.5 Å². The number of rotatable bonds is 7. The Morgan fingerprint density at radius 2 is 1.93 bits per heavy atom. The van der Waals surface area contributed by atoms with Crippen molar-refractivity contribution >= 4 is 11.5 Å². The second-order valence-corrected chi connectivity index (χ2v) is 6.76. The third-order valence-electron chi connectivity index (χ3n) is 4.36. The molecule has 0 aliphatic rings. The van der Waals surface area contributed by atoms with Crippen molar-refractivity contribution in [1.82, 2.24) is 9.97 Å². The van der Waals surface area contributed by atoms with E-state index in [0.717, 1.165) is 11.5 Å². The Balaban J connectivity index is 1.83. The van der Waals surface area contributed by atoms with E-state index in [1.807, 2.05) is 19.9 Å². The first-order valence-electron chi connectivity index (χ1n) is 8.94. The van der Waals surface area contributed by atoms with Gasteiger partial charge < -0.3 is 14.8 Å². The molecule has 2 aromatic heterocycles. The lowest BCUT2D eigenvalue weighted by Crippen LogP contribution is -2.30. The van der Waals surface area contributed by atoms with Crippen LogP contribution < -0.4 is 5.32 Å². The van der Waals surface area contributed by atoms with E-state index < -0.39 is 10.5 Å². The van der Waals surface area contributed by atoms with Gasteiger partial charge in [0.25, 0.3) is 5.69 Å². The minimum absolute atomic E-state index is 0.0125. The van der Waals surface area contributed by atoms with Crippen LogP contribution in [0.25, 0.3) is 11.4 Å². The molecule has 146 valence electrons. The standard InChI is InChI=1S/C20H22N4O4/c1-4-15-11-18(21-12-20(3,25)17-10-5-13(2)28-17)23-19(22-15)14-6-8-16(9-7-14)24(26)27/h5-11,25H,4,12H2,1-3H3,(H,21,22,23). The average Bonchev–Trinajstić information content (AvgIpc) is 3.13. The summed E-state index contributed by atoms with van der Waals surface area (Å²) in [6.45, 7) is 5.66. The van der Waals surface area contributed by atoms with Crippen LogP contribution in [0.15, 0.2) is 46.9 Å². The predicted octanol–water partition coefficient (Wildman–Crippen LogP) is 3.84. The lowest BCUT2D eigenvalue weighted by atomic mass is 10.0. The highest BCUT2D eigenvalue weighted by Gasteiger charge is 2.27. The Morgan fingerprint density at radius 1 is 1.21 bits per heavy atom. The van der Waals surface area contributed by atoms with Crippen molar-refractivity contribution in [2.24, 2.45) is 0 Å². The van der Waals surface area contributed by atoms with Crippen LogP contribution in [0.5, 0.6) is 0 Å². The molecule has 0 saturated heterocycles. The molecule has 0 radical (unpaired) electrons. The molecule has 3 aromatic rings. The molecule has 2 heterocycles. The van der Waals surface area contributed by atoms with E-state index in [4.69, 9.17) is 4.42 Å². The second kappa shape index (κ2) is 7.77. The number of non-ortho nitro benzene ring substituents is 1. The first-order valence-corrected chi connectivity index (χ1v) is 8.94. The molecule has 0 aliphatic heterocycles. The first kappa shape index (κ1) is 19.5. The van der Waals surface area contributed by atoms with Gasteiger partial charge in [-0.1, -0.05) is 6.92 Å². The highest BCUT2D eigenvalue weighted by Crippen LogP contribution is 2.25. The maximum Gasteiger partial charge on any atom is 0.269 e. The molecule has 0 amide bonds. The molecule has 0 spiro atoms. The van der Waals surface area contributed by atoms with E-state index in [1.54, 1.807) is 31.2 Å². The van der Waals surface area contributed by atoms with Gasteiger partial charge in [0, 0.05) is 29.5 Å². The van der Waals surface area contributed by atoms with E-state index in [2.05, 4.69) is 15.3 Å². The number of aliphatic hydroxyl groups is 1. The zero-order valence-electron chi connectivity index (χ0n) is 16.0. The molecule has 1 aromatic carbocycles. The normalized spacial score (nSPS) is 13.1. The summed E-state index contributed by atoms with van der Waals surface area (Å²) in [4.78, 5) is 19.4. The van der Waals surface area contributed by atoms with Crippen molar-refractivity contribution in [2.45, 2.75) is 32.8 Å². The van der Waals surface area contributed by atoms with Crippen molar-refractivity contribution in [1.29, 1.82) is 0 Å². The highest BCUT2D eigenvalue weighted by atomic mass is 16.6. The maximum atomic E-state index is 10.8. The predicted molar refractivity (Wildman–Crippen MR) is 105 cm³/mol. The zero-order chi connectivity index (χ0) is 20.3. The summed E-state index contributed by atoms with van der Waals surface area (Å²) in [5.74, 6) is 2.22. The molecule has 3 rings (SSSR count). The van der Waals surface area contributed by atoms with Crippen LogP contribution in [0.2, 0.25) is 0 Å². The van der Waals surface area contributed by atoms with Crippen molar-refractivity contribution in [3.8, 4) is 11.4 Å². The van der Waals surface area contributed by atoms with Gasteiger partial charge in [-0.3, -0.25) is 10.1 Å². The molecule has 2 N–H and O–H groups in total.